The number of ether oxygens (including phenoxy) is 5. The molecular weight excluding hydrogens is 546 g/mol. The van der Waals surface area contributed by atoms with E-state index in [2.05, 4.69) is 0 Å². The van der Waals surface area contributed by atoms with E-state index in [-0.39, 0.29) is 29.8 Å². The maximum Gasteiger partial charge on any atom is 0.514 e. The van der Waals surface area contributed by atoms with Gasteiger partial charge >= 0.3 is 24.2 Å². The molecule has 238 valence electrons. The van der Waals surface area contributed by atoms with Crippen molar-refractivity contribution in [1.29, 1.82) is 0 Å². The largest absolute Gasteiger partial charge is 0.514 e. The van der Waals surface area contributed by atoms with Crippen LogP contribution in [0.2, 0.25) is 0 Å². The number of carboxylic acid groups (broad SMARTS) is 1. The lowest BCUT2D eigenvalue weighted by Gasteiger charge is -2.32. The fourth-order valence-electron chi connectivity index (χ4n) is 3.76. The fraction of sp³-hybridized carbons (Fsp3) is 0.677. The Morgan fingerprint density at radius 2 is 1.24 bits per heavy atom. The molecule has 42 heavy (non-hydrogen) atoms. The van der Waals surface area contributed by atoms with Gasteiger partial charge in [-0.25, -0.2) is 9.59 Å². The molecule has 5 unspecified atom stereocenters. The Morgan fingerprint density at radius 1 is 0.738 bits per heavy atom. The molecule has 0 radical (unpaired) electrons. The average Bonchev–Trinajstić information content (AvgIpc) is 2.88. The van der Waals surface area contributed by atoms with Crippen LogP contribution in [0.15, 0.2) is 18.2 Å². The van der Waals surface area contributed by atoms with Crippen LogP contribution >= 0.6 is 0 Å². The Morgan fingerprint density at radius 3 is 1.69 bits per heavy atom. The van der Waals surface area contributed by atoms with Gasteiger partial charge in [-0.15, -0.1) is 0 Å². The fourth-order valence-corrected chi connectivity index (χ4v) is 3.76. The molecule has 11 nitrogen and oxygen atoms in total. The molecule has 11 heteroatoms. The summed E-state index contributed by atoms with van der Waals surface area (Å²) in [6, 6.07) is 2.84. The molecule has 0 fully saturated rings. The number of benzene rings is 1. The van der Waals surface area contributed by atoms with Gasteiger partial charge in [-0.3, -0.25) is 9.59 Å². The SMILES string of the molecule is CC(C)CCC(=O)OC(C)C(C)C(c1ccc(OC(=O)OC(C)C(C)C)c(OC(=O)OC(C)C(C)C)c1)[C@H](N)C(=O)O. The van der Waals surface area contributed by atoms with Crippen LogP contribution in [0.1, 0.15) is 93.6 Å². The van der Waals surface area contributed by atoms with Crippen LogP contribution in [0.3, 0.4) is 0 Å². The van der Waals surface area contributed by atoms with E-state index < -0.39 is 60.4 Å². The van der Waals surface area contributed by atoms with Gasteiger partial charge < -0.3 is 34.5 Å². The Kier molecular flexibility index (Phi) is 14.8. The standard InChI is InChI=1S/C31H49NO10/c1-16(2)11-14-26(33)38-22(10)19(7)27(28(32)29(34)35)23-12-13-24(41-30(36)39-20(8)17(3)4)25(15-23)42-31(37)40-21(9)18(5)6/h12-13,15-22,27-28H,11,14,32H2,1-10H3,(H,34,35)/t19?,20?,21?,22?,27?,28-/m0/s1. The predicted molar refractivity (Wildman–Crippen MR) is 156 cm³/mol. The van der Waals surface area contributed by atoms with Crippen molar-refractivity contribution >= 4 is 24.2 Å². The third kappa shape index (κ3) is 11.9. The summed E-state index contributed by atoms with van der Waals surface area (Å²) in [4.78, 5) is 49.6. The van der Waals surface area contributed by atoms with Gasteiger partial charge in [-0.2, -0.15) is 0 Å². The Hall–Kier alpha value is -3.34. The third-order valence-corrected chi connectivity index (χ3v) is 7.40. The molecule has 6 atom stereocenters. The molecule has 0 aliphatic rings. The quantitative estimate of drug-likeness (QED) is 0.133. The van der Waals surface area contributed by atoms with Gasteiger partial charge in [0, 0.05) is 18.3 Å². The molecule has 0 saturated carbocycles. The molecule has 1 aromatic carbocycles. The van der Waals surface area contributed by atoms with Crippen LogP contribution < -0.4 is 15.2 Å². The molecule has 3 N–H and O–H groups in total. The lowest BCUT2D eigenvalue weighted by Crippen LogP contribution is -2.42. The molecule has 0 aliphatic carbocycles. The summed E-state index contributed by atoms with van der Waals surface area (Å²) in [7, 11) is 0. The van der Waals surface area contributed by atoms with Gasteiger partial charge in [0.25, 0.3) is 0 Å². The van der Waals surface area contributed by atoms with Crippen molar-refractivity contribution in [3.63, 3.8) is 0 Å². The Labute approximate surface area is 249 Å². The predicted octanol–water partition coefficient (Wildman–Crippen LogP) is 6.31. The molecule has 0 aliphatic heterocycles. The number of hydrogen-bond acceptors (Lipinski definition) is 10. The first-order chi connectivity index (χ1) is 19.4. The molecule has 0 amide bonds. The first kappa shape index (κ1) is 36.7. The summed E-state index contributed by atoms with van der Waals surface area (Å²) in [5.74, 6) is -3.09. The number of aliphatic carboxylic acids is 1. The topological polar surface area (TPSA) is 161 Å². The lowest BCUT2D eigenvalue weighted by molar-refractivity contribution is -0.151. The van der Waals surface area contributed by atoms with Crippen LogP contribution in [0.4, 0.5) is 9.59 Å². The normalized spacial score (nSPS) is 15.8. The second-order valence-electron chi connectivity index (χ2n) is 11.9. The van der Waals surface area contributed by atoms with Crippen LogP contribution in [-0.2, 0) is 23.8 Å². The van der Waals surface area contributed by atoms with Crippen molar-refractivity contribution in [2.45, 2.75) is 112 Å². The molecule has 0 heterocycles. The van der Waals surface area contributed by atoms with E-state index in [0.29, 0.717) is 17.9 Å². The minimum Gasteiger partial charge on any atom is -0.480 e. The van der Waals surface area contributed by atoms with Gasteiger partial charge in [0.15, 0.2) is 11.5 Å². The third-order valence-electron chi connectivity index (χ3n) is 7.40. The van der Waals surface area contributed by atoms with E-state index in [1.807, 2.05) is 41.5 Å². The van der Waals surface area contributed by atoms with E-state index in [0.717, 1.165) is 0 Å². The zero-order chi connectivity index (χ0) is 32.3. The smallest absolute Gasteiger partial charge is 0.480 e. The molecular formula is C31H49NO10. The number of carbonyl (C=O) groups is 4. The van der Waals surface area contributed by atoms with Crippen molar-refractivity contribution in [3.05, 3.63) is 23.8 Å². The highest BCUT2D eigenvalue weighted by molar-refractivity contribution is 5.75. The highest BCUT2D eigenvalue weighted by Crippen LogP contribution is 2.37. The second kappa shape index (κ2) is 16.9. The van der Waals surface area contributed by atoms with Crippen molar-refractivity contribution in [2.75, 3.05) is 0 Å². The van der Waals surface area contributed by atoms with Crippen LogP contribution in [0.25, 0.3) is 0 Å². The van der Waals surface area contributed by atoms with E-state index in [1.165, 1.54) is 18.2 Å². The van der Waals surface area contributed by atoms with Crippen LogP contribution in [0, 0.1) is 23.7 Å². The number of carboxylic acids is 1. The summed E-state index contributed by atoms with van der Waals surface area (Å²) in [5, 5.41) is 9.82. The molecule has 1 rings (SSSR count). The number of rotatable bonds is 15. The van der Waals surface area contributed by atoms with Gasteiger partial charge in [0.2, 0.25) is 0 Å². The van der Waals surface area contributed by atoms with Crippen molar-refractivity contribution in [2.24, 2.45) is 29.4 Å². The summed E-state index contributed by atoms with van der Waals surface area (Å²) < 4.78 is 27.0. The highest BCUT2D eigenvalue weighted by Gasteiger charge is 2.36. The summed E-state index contributed by atoms with van der Waals surface area (Å²) >= 11 is 0. The summed E-state index contributed by atoms with van der Waals surface area (Å²) in [5.41, 5.74) is 6.49. The lowest BCUT2D eigenvalue weighted by atomic mass is 9.79. The maximum atomic E-state index is 12.6. The first-order valence-corrected chi connectivity index (χ1v) is 14.5. The zero-order valence-corrected chi connectivity index (χ0v) is 26.5. The molecule has 0 aromatic heterocycles. The first-order valence-electron chi connectivity index (χ1n) is 14.5. The number of nitrogens with two attached hydrogens (primary N) is 1. The van der Waals surface area contributed by atoms with Gasteiger partial charge in [0.05, 0.1) is 0 Å². The Bertz CT molecular complexity index is 1050. The van der Waals surface area contributed by atoms with Crippen molar-refractivity contribution in [1.82, 2.24) is 0 Å². The molecule has 0 bridgehead atoms. The maximum absolute atomic E-state index is 12.6. The Balaban J connectivity index is 3.44. The van der Waals surface area contributed by atoms with E-state index in [1.54, 1.807) is 27.7 Å². The van der Waals surface area contributed by atoms with Crippen molar-refractivity contribution in [3.8, 4) is 11.5 Å². The zero-order valence-electron chi connectivity index (χ0n) is 26.5. The summed E-state index contributed by atoms with van der Waals surface area (Å²) in [6.45, 7) is 18.3. The summed E-state index contributed by atoms with van der Waals surface area (Å²) in [6.07, 6.45) is -2.76. The van der Waals surface area contributed by atoms with E-state index in [9.17, 15) is 24.3 Å². The minimum atomic E-state index is -1.40. The van der Waals surface area contributed by atoms with Gasteiger partial charge in [-0.1, -0.05) is 54.5 Å². The molecule has 0 saturated heterocycles. The van der Waals surface area contributed by atoms with E-state index in [4.69, 9.17) is 29.4 Å². The minimum absolute atomic E-state index is 0.00985. The van der Waals surface area contributed by atoms with Gasteiger partial charge in [-0.05, 0) is 62.6 Å². The van der Waals surface area contributed by atoms with Crippen molar-refractivity contribution < 1.29 is 48.0 Å². The average molecular weight is 596 g/mol. The number of hydrogen-bond donors (Lipinski definition) is 2. The second-order valence-corrected chi connectivity index (χ2v) is 11.9. The number of carbonyl (C=O) groups excluding carboxylic acids is 3. The van der Waals surface area contributed by atoms with E-state index >= 15 is 0 Å². The molecule has 1 aromatic rings. The van der Waals surface area contributed by atoms with Crippen LogP contribution in [-0.4, -0.2) is 53.7 Å². The monoisotopic (exact) mass is 595 g/mol. The van der Waals surface area contributed by atoms with Crippen LogP contribution in [0.5, 0.6) is 11.5 Å². The number of esters is 1. The highest BCUT2D eigenvalue weighted by atomic mass is 16.7. The van der Waals surface area contributed by atoms with Gasteiger partial charge in [0.1, 0.15) is 24.4 Å². The molecule has 0 spiro atoms.